The number of anilines is 1. The fourth-order valence-corrected chi connectivity index (χ4v) is 2.75. The van der Waals surface area contributed by atoms with E-state index in [2.05, 4.69) is 26.6 Å². The van der Waals surface area contributed by atoms with Crippen molar-refractivity contribution in [3.63, 3.8) is 0 Å². The second-order valence-corrected chi connectivity index (χ2v) is 5.61. The second kappa shape index (κ2) is 7.98. The lowest BCUT2D eigenvalue weighted by molar-refractivity contribution is -0.140. The standard InChI is InChI=1S/C14H19BrN2O3.ClH/c1-19-12-9-10(3-4-11(12)15)17-13(18)14(20-2)5-7-16-8-6-14;/h3-4,9,16H,5-8H2,1-2H3,(H,17,18);1H. The van der Waals surface area contributed by atoms with Gasteiger partial charge in [0.1, 0.15) is 11.4 Å². The molecule has 7 heteroatoms. The van der Waals surface area contributed by atoms with E-state index in [9.17, 15) is 4.79 Å². The zero-order valence-corrected chi connectivity index (χ0v) is 14.5. The molecular weight excluding hydrogens is 360 g/mol. The average molecular weight is 380 g/mol. The third-order valence-corrected chi connectivity index (χ3v) is 4.28. The number of piperidine rings is 1. The van der Waals surface area contributed by atoms with Crippen molar-refractivity contribution >= 4 is 39.9 Å². The summed E-state index contributed by atoms with van der Waals surface area (Å²) in [6, 6.07) is 5.46. The van der Waals surface area contributed by atoms with Gasteiger partial charge in [0.25, 0.3) is 5.91 Å². The monoisotopic (exact) mass is 378 g/mol. The Bertz CT molecular complexity index is 493. The highest BCUT2D eigenvalue weighted by Gasteiger charge is 2.39. The normalized spacial score (nSPS) is 16.7. The summed E-state index contributed by atoms with van der Waals surface area (Å²) in [5, 5.41) is 6.14. The number of carbonyl (C=O) groups excluding carboxylic acids is 1. The second-order valence-electron chi connectivity index (χ2n) is 4.75. The van der Waals surface area contributed by atoms with E-state index in [4.69, 9.17) is 9.47 Å². The summed E-state index contributed by atoms with van der Waals surface area (Å²) in [5.41, 5.74) is -0.0454. The smallest absolute Gasteiger partial charge is 0.256 e. The Kier molecular flexibility index (Phi) is 6.93. The summed E-state index contributed by atoms with van der Waals surface area (Å²) >= 11 is 3.39. The molecule has 1 heterocycles. The van der Waals surface area contributed by atoms with E-state index >= 15 is 0 Å². The Morgan fingerprint density at radius 3 is 2.57 bits per heavy atom. The van der Waals surface area contributed by atoms with E-state index in [-0.39, 0.29) is 18.3 Å². The maximum atomic E-state index is 12.5. The first kappa shape index (κ1) is 18.2. The molecular formula is C14H20BrClN2O3. The zero-order valence-electron chi connectivity index (χ0n) is 12.1. The van der Waals surface area contributed by atoms with Crippen LogP contribution in [0.25, 0.3) is 0 Å². The Hall–Kier alpha value is -0.820. The third-order valence-electron chi connectivity index (χ3n) is 3.62. The zero-order chi connectivity index (χ0) is 14.6. The lowest BCUT2D eigenvalue weighted by atomic mass is 9.91. The molecule has 1 saturated heterocycles. The molecule has 1 aromatic rings. The van der Waals surface area contributed by atoms with Crippen LogP contribution in [0.4, 0.5) is 5.69 Å². The summed E-state index contributed by atoms with van der Waals surface area (Å²) in [6.07, 6.45) is 1.34. The highest BCUT2D eigenvalue weighted by molar-refractivity contribution is 9.10. The summed E-state index contributed by atoms with van der Waals surface area (Å²) < 4.78 is 11.6. The maximum Gasteiger partial charge on any atom is 0.256 e. The van der Waals surface area contributed by atoms with E-state index in [0.29, 0.717) is 24.3 Å². The number of amides is 1. The van der Waals surface area contributed by atoms with Gasteiger partial charge >= 0.3 is 0 Å². The molecule has 0 atom stereocenters. The van der Waals surface area contributed by atoms with Crippen molar-refractivity contribution in [1.82, 2.24) is 5.32 Å². The fourth-order valence-electron chi connectivity index (χ4n) is 2.34. The number of carbonyl (C=O) groups is 1. The first-order valence-corrected chi connectivity index (χ1v) is 7.31. The van der Waals surface area contributed by atoms with Crippen LogP contribution in [0, 0.1) is 0 Å². The molecule has 1 aliphatic rings. The molecule has 118 valence electrons. The largest absolute Gasteiger partial charge is 0.495 e. The molecule has 0 aliphatic carbocycles. The number of halogens is 2. The van der Waals surface area contributed by atoms with Crippen LogP contribution in [0.1, 0.15) is 12.8 Å². The van der Waals surface area contributed by atoms with Crippen molar-refractivity contribution in [2.45, 2.75) is 18.4 Å². The molecule has 1 aliphatic heterocycles. The van der Waals surface area contributed by atoms with Gasteiger partial charge in [-0.05, 0) is 54.0 Å². The molecule has 2 rings (SSSR count). The Morgan fingerprint density at radius 2 is 2.00 bits per heavy atom. The number of ether oxygens (including phenoxy) is 2. The number of benzene rings is 1. The molecule has 5 nitrogen and oxygen atoms in total. The summed E-state index contributed by atoms with van der Waals surface area (Å²) in [6.45, 7) is 1.57. The van der Waals surface area contributed by atoms with E-state index in [1.165, 1.54) is 0 Å². The molecule has 0 spiro atoms. The molecule has 0 radical (unpaired) electrons. The summed E-state index contributed by atoms with van der Waals surface area (Å²) in [7, 11) is 3.18. The minimum Gasteiger partial charge on any atom is -0.495 e. The van der Waals surface area contributed by atoms with Crippen molar-refractivity contribution in [2.75, 3.05) is 32.6 Å². The Labute approximate surface area is 139 Å². The van der Waals surface area contributed by atoms with E-state index in [1.54, 1.807) is 20.3 Å². The Morgan fingerprint density at radius 1 is 1.33 bits per heavy atom. The molecule has 1 amide bonds. The number of rotatable bonds is 4. The molecule has 2 N–H and O–H groups in total. The molecule has 0 bridgehead atoms. The van der Waals surface area contributed by atoms with Gasteiger partial charge in [-0.15, -0.1) is 12.4 Å². The highest BCUT2D eigenvalue weighted by atomic mass is 79.9. The van der Waals surface area contributed by atoms with Gasteiger partial charge in [0.15, 0.2) is 0 Å². The van der Waals surface area contributed by atoms with Gasteiger partial charge in [-0.3, -0.25) is 4.79 Å². The lowest BCUT2D eigenvalue weighted by Gasteiger charge is -2.34. The number of hydrogen-bond acceptors (Lipinski definition) is 4. The predicted molar refractivity (Wildman–Crippen MR) is 88.4 cm³/mol. The van der Waals surface area contributed by atoms with Crippen molar-refractivity contribution in [3.8, 4) is 5.75 Å². The van der Waals surface area contributed by atoms with Crippen molar-refractivity contribution in [1.29, 1.82) is 0 Å². The SMILES string of the molecule is COc1cc(NC(=O)C2(OC)CCNCC2)ccc1Br.Cl. The van der Waals surface area contributed by atoms with Gasteiger partial charge in [-0.2, -0.15) is 0 Å². The van der Waals surface area contributed by atoms with Crippen LogP contribution in [0.3, 0.4) is 0 Å². The third kappa shape index (κ3) is 4.10. The van der Waals surface area contributed by atoms with Crippen LogP contribution in [0.15, 0.2) is 22.7 Å². The highest BCUT2D eigenvalue weighted by Crippen LogP contribution is 2.29. The van der Waals surface area contributed by atoms with Crippen LogP contribution < -0.4 is 15.4 Å². The molecule has 1 fully saturated rings. The minimum absolute atomic E-state index is 0. The van der Waals surface area contributed by atoms with Gasteiger partial charge in [0, 0.05) is 18.9 Å². The van der Waals surface area contributed by atoms with Crippen LogP contribution in [-0.2, 0) is 9.53 Å². The molecule has 21 heavy (non-hydrogen) atoms. The van der Waals surface area contributed by atoms with Crippen LogP contribution >= 0.6 is 28.3 Å². The lowest BCUT2D eigenvalue weighted by Crippen LogP contribution is -2.51. The number of hydrogen-bond donors (Lipinski definition) is 2. The fraction of sp³-hybridized carbons (Fsp3) is 0.500. The van der Waals surface area contributed by atoms with Gasteiger partial charge in [0.05, 0.1) is 11.6 Å². The van der Waals surface area contributed by atoms with Gasteiger partial charge in [0.2, 0.25) is 0 Å². The molecule has 0 unspecified atom stereocenters. The van der Waals surface area contributed by atoms with E-state index in [1.807, 2.05) is 12.1 Å². The van der Waals surface area contributed by atoms with Gasteiger partial charge in [-0.1, -0.05) is 0 Å². The van der Waals surface area contributed by atoms with Crippen molar-refractivity contribution in [3.05, 3.63) is 22.7 Å². The Balaban J connectivity index is 0.00000220. The summed E-state index contributed by atoms with van der Waals surface area (Å²) in [5.74, 6) is 0.574. The van der Waals surface area contributed by atoms with Crippen LogP contribution in [0.2, 0.25) is 0 Å². The first-order chi connectivity index (χ1) is 9.61. The number of methoxy groups -OCH3 is 2. The minimum atomic E-state index is -0.744. The van der Waals surface area contributed by atoms with Crippen molar-refractivity contribution < 1.29 is 14.3 Å². The van der Waals surface area contributed by atoms with Gasteiger partial charge in [-0.25, -0.2) is 0 Å². The topological polar surface area (TPSA) is 59.6 Å². The quantitative estimate of drug-likeness (QED) is 0.844. The maximum absolute atomic E-state index is 12.5. The average Bonchev–Trinajstić information content (AvgIpc) is 2.49. The predicted octanol–water partition coefficient (Wildman–Crippen LogP) is 2.59. The molecule has 1 aromatic carbocycles. The number of nitrogens with one attached hydrogen (secondary N) is 2. The van der Waals surface area contributed by atoms with Crippen molar-refractivity contribution in [2.24, 2.45) is 0 Å². The van der Waals surface area contributed by atoms with Crippen LogP contribution in [-0.4, -0.2) is 38.8 Å². The van der Waals surface area contributed by atoms with Crippen LogP contribution in [0.5, 0.6) is 5.75 Å². The molecule has 0 saturated carbocycles. The van der Waals surface area contributed by atoms with Gasteiger partial charge < -0.3 is 20.1 Å². The van der Waals surface area contributed by atoms with E-state index in [0.717, 1.165) is 17.6 Å². The molecule has 0 aromatic heterocycles. The summed E-state index contributed by atoms with van der Waals surface area (Å²) in [4.78, 5) is 12.5. The first-order valence-electron chi connectivity index (χ1n) is 6.52. The van der Waals surface area contributed by atoms with E-state index < -0.39 is 5.60 Å².